The van der Waals surface area contributed by atoms with Crippen LogP contribution in [-0.4, -0.2) is 70.2 Å². The highest BCUT2D eigenvalue weighted by Crippen LogP contribution is 2.64. The molecule has 5 fully saturated rings. The van der Waals surface area contributed by atoms with Crippen LogP contribution in [0.15, 0.2) is 0 Å². The third-order valence-electron chi connectivity index (χ3n) is 7.83. The Hall–Kier alpha value is -0.320. The van der Waals surface area contributed by atoms with Crippen molar-refractivity contribution in [3.63, 3.8) is 0 Å². The summed E-state index contributed by atoms with van der Waals surface area (Å²) in [7, 11) is 1.66. The highest BCUT2D eigenvalue weighted by molar-refractivity contribution is 5.13. The highest BCUT2D eigenvalue weighted by Gasteiger charge is 2.74. The maximum Gasteiger partial charge on any atom is 0.204 e. The van der Waals surface area contributed by atoms with E-state index >= 15 is 0 Å². The number of methoxy groups -OCH3 is 1. The van der Waals surface area contributed by atoms with Gasteiger partial charge in [-0.3, -0.25) is 0 Å². The topological polar surface area (TPSA) is 73.8 Å². The first-order valence-electron chi connectivity index (χ1n) is 11.9. The lowest BCUT2D eigenvalue weighted by Gasteiger charge is -2.64. The van der Waals surface area contributed by atoms with Gasteiger partial charge in [-0.05, 0) is 44.9 Å². The molecule has 4 heterocycles. The minimum absolute atomic E-state index is 0.162. The summed E-state index contributed by atoms with van der Waals surface area (Å²) in [4.78, 5) is 12.2. The van der Waals surface area contributed by atoms with Crippen LogP contribution >= 0.6 is 0 Å². The van der Waals surface area contributed by atoms with Gasteiger partial charge in [-0.25, -0.2) is 9.78 Å². The zero-order chi connectivity index (χ0) is 22.1. The summed E-state index contributed by atoms with van der Waals surface area (Å²) < 4.78 is 35.3. The lowest BCUT2D eigenvalue weighted by Crippen LogP contribution is -2.76. The first-order valence-corrected chi connectivity index (χ1v) is 11.9. The van der Waals surface area contributed by atoms with Crippen LogP contribution in [0.1, 0.15) is 53.4 Å². The SMILES string of the molecule is COCCOCCOCCO[C@H]1O[C@]2(C)O[C@]3(C)CC[C@H]4[C@H](C)CC[C@@H]([C@H]1C)[C@]42OO3. The number of ether oxygens (including phenoxy) is 6. The molecular weight excluding hydrogens is 404 g/mol. The maximum atomic E-state index is 6.57. The van der Waals surface area contributed by atoms with Crippen molar-refractivity contribution >= 4 is 0 Å². The molecule has 0 aromatic carbocycles. The smallest absolute Gasteiger partial charge is 0.204 e. The molecule has 5 rings (SSSR count). The molecule has 0 aromatic rings. The Labute approximate surface area is 186 Å². The standard InChI is InChI=1S/C23H40O8/c1-16-6-7-19-17(2)20(27-15-14-26-13-12-25-11-10-24-5)28-22(4)23(19)18(16)8-9-21(3,29-22)30-31-23/h16-20H,6-15H2,1-5H3/t16-,17-,18+,19+,20+,21+,22-,23-/m1/s1. The average Bonchev–Trinajstić information content (AvgIpc) is 2.95. The Kier molecular flexibility index (Phi) is 7.31. The van der Waals surface area contributed by atoms with E-state index in [4.69, 9.17) is 38.2 Å². The summed E-state index contributed by atoms with van der Waals surface area (Å²) in [5.74, 6) is -0.418. The highest BCUT2D eigenvalue weighted by atomic mass is 17.3. The minimum atomic E-state index is -0.909. The summed E-state index contributed by atoms with van der Waals surface area (Å²) in [6.45, 7) is 11.7. The van der Waals surface area contributed by atoms with Crippen LogP contribution in [0.5, 0.6) is 0 Å². The van der Waals surface area contributed by atoms with Gasteiger partial charge in [0.05, 0.1) is 39.6 Å². The lowest BCUT2D eigenvalue weighted by atomic mass is 9.55. The Morgan fingerprint density at radius 3 is 2.29 bits per heavy atom. The Morgan fingerprint density at radius 1 is 0.839 bits per heavy atom. The summed E-state index contributed by atoms with van der Waals surface area (Å²) in [5.41, 5.74) is -0.601. The van der Waals surface area contributed by atoms with E-state index in [1.165, 1.54) is 6.42 Å². The second-order valence-electron chi connectivity index (χ2n) is 9.88. The van der Waals surface area contributed by atoms with E-state index in [1.54, 1.807) is 7.11 Å². The summed E-state index contributed by atoms with van der Waals surface area (Å²) in [6, 6.07) is 0. The van der Waals surface area contributed by atoms with Gasteiger partial charge in [0.1, 0.15) is 0 Å². The first kappa shape index (κ1) is 23.8. The quantitative estimate of drug-likeness (QED) is 0.375. The molecular formula is C23H40O8. The van der Waals surface area contributed by atoms with Crippen LogP contribution in [0.2, 0.25) is 0 Å². The molecule has 8 nitrogen and oxygen atoms in total. The van der Waals surface area contributed by atoms with Gasteiger partial charge in [0.15, 0.2) is 11.9 Å². The van der Waals surface area contributed by atoms with Crippen molar-refractivity contribution in [3.05, 3.63) is 0 Å². The number of hydrogen-bond acceptors (Lipinski definition) is 8. The van der Waals surface area contributed by atoms with Gasteiger partial charge >= 0.3 is 0 Å². The van der Waals surface area contributed by atoms with Crippen molar-refractivity contribution < 1.29 is 38.2 Å². The monoisotopic (exact) mass is 444 g/mol. The average molecular weight is 445 g/mol. The van der Waals surface area contributed by atoms with Gasteiger partial charge in [0.2, 0.25) is 11.6 Å². The molecule has 4 saturated heterocycles. The van der Waals surface area contributed by atoms with Crippen LogP contribution in [-0.2, 0) is 38.2 Å². The van der Waals surface area contributed by atoms with Crippen LogP contribution in [0.4, 0.5) is 0 Å². The second kappa shape index (κ2) is 9.50. The Bertz CT molecular complexity index is 604. The van der Waals surface area contributed by atoms with E-state index in [-0.39, 0.29) is 18.1 Å². The van der Waals surface area contributed by atoms with Gasteiger partial charge in [0.25, 0.3) is 0 Å². The molecule has 4 aliphatic heterocycles. The summed E-state index contributed by atoms with van der Waals surface area (Å²) >= 11 is 0. The maximum absolute atomic E-state index is 6.57. The van der Waals surface area contributed by atoms with Gasteiger partial charge in [0, 0.05) is 25.4 Å². The van der Waals surface area contributed by atoms with Gasteiger partial charge in [-0.15, -0.1) is 0 Å². The third kappa shape index (κ3) is 4.30. The number of fused-ring (bicyclic) bond motifs is 2. The molecule has 0 radical (unpaired) electrons. The van der Waals surface area contributed by atoms with Crippen molar-refractivity contribution in [2.24, 2.45) is 23.7 Å². The summed E-state index contributed by atoms with van der Waals surface area (Å²) in [6.07, 6.45) is 3.68. The van der Waals surface area contributed by atoms with E-state index in [0.717, 1.165) is 19.3 Å². The normalized spacial score (nSPS) is 46.5. The molecule has 31 heavy (non-hydrogen) atoms. The van der Waals surface area contributed by atoms with E-state index < -0.39 is 17.2 Å². The van der Waals surface area contributed by atoms with Crippen LogP contribution in [0.25, 0.3) is 0 Å². The molecule has 0 N–H and O–H groups in total. The van der Waals surface area contributed by atoms with Crippen molar-refractivity contribution in [1.82, 2.24) is 0 Å². The molecule has 5 aliphatic rings. The zero-order valence-corrected chi connectivity index (χ0v) is 19.7. The molecule has 0 amide bonds. The molecule has 1 spiro atoms. The molecule has 2 bridgehead atoms. The van der Waals surface area contributed by atoms with Gasteiger partial charge in [-0.1, -0.05) is 13.8 Å². The van der Waals surface area contributed by atoms with Crippen molar-refractivity contribution in [1.29, 1.82) is 0 Å². The summed E-state index contributed by atoms with van der Waals surface area (Å²) in [5, 5.41) is 0. The first-order chi connectivity index (χ1) is 14.9. The van der Waals surface area contributed by atoms with E-state index in [1.807, 2.05) is 13.8 Å². The molecule has 0 aromatic heterocycles. The van der Waals surface area contributed by atoms with Crippen molar-refractivity contribution in [2.45, 2.75) is 76.8 Å². The van der Waals surface area contributed by atoms with Crippen LogP contribution in [0.3, 0.4) is 0 Å². The zero-order valence-electron chi connectivity index (χ0n) is 19.7. The fourth-order valence-electron chi connectivity index (χ4n) is 6.27. The van der Waals surface area contributed by atoms with Crippen molar-refractivity contribution in [3.8, 4) is 0 Å². The molecule has 8 atom stereocenters. The second-order valence-corrected chi connectivity index (χ2v) is 9.88. The molecule has 1 saturated carbocycles. The molecule has 0 unspecified atom stereocenters. The predicted molar refractivity (Wildman–Crippen MR) is 111 cm³/mol. The predicted octanol–water partition coefficient (Wildman–Crippen LogP) is 3.28. The third-order valence-corrected chi connectivity index (χ3v) is 7.83. The number of rotatable bonds is 10. The largest absolute Gasteiger partial charge is 0.382 e. The van der Waals surface area contributed by atoms with Gasteiger partial charge < -0.3 is 28.4 Å². The van der Waals surface area contributed by atoms with E-state index in [0.29, 0.717) is 51.5 Å². The fraction of sp³-hybridized carbons (Fsp3) is 1.00. The fourth-order valence-corrected chi connectivity index (χ4v) is 6.27. The Balaban J connectivity index is 1.37. The Morgan fingerprint density at radius 2 is 1.55 bits per heavy atom. The molecule has 8 heteroatoms. The van der Waals surface area contributed by atoms with E-state index in [2.05, 4.69) is 13.8 Å². The van der Waals surface area contributed by atoms with Crippen LogP contribution < -0.4 is 0 Å². The van der Waals surface area contributed by atoms with Crippen molar-refractivity contribution in [2.75, 3.05) is 46.8 Å². The van der Waals surface area contributed by atoms with Gasteiger partial charge in [-0.2, -0.15) is 0 Å². The minimum Gasteiger partial charge on any atom is -0.382 e. The molecule has 1 aliphatic carbocycles. The number of hydrogen-bond donors (Lipinski definition) is 0. The molecule has 180 valence electrons. The van der Waals surface area contributed by atoms with Crippen LogP contribution in [0, 0.1) is 23.7 Å². The lowest BCUT2D eigenvalue weighted by molar-refractivity contribution is -0.605. The van der Waals surface area contributed by atoms with E-state index in [9.17, 15) is 0 Å².